The van der Waals surface area contributed by atoms with Gasteiger partial charge >= 0.3 is 18.2 Å². The zero-order chi connectivity index (χ0) is 26.2. The third kappa shape index (κ3) is 5.16. The summed E-state index contributed by atoms with van der Waals surface area (Å²) in [5.74, 6) is -2.39. The van der Waals surface area contributed by atoms with Crippen LogP contribution in [0.5, 0.6) is 0 Å². The fourth-order valence-electron chi connectivity index (χ4n) is 5.52. The molecule has 0 bridgehead atoms. The van der Waals surface area contributed by atoms with Gasteiger partial charge in [0.1, 0.15) is 5.82 Å². The highest BCUT2D eigenvalue weighted by Crippen LogP contribution is 2.49. The number of nitrogens with zero attached hydrogens (tertiary/aromatic N) is 2. The molecule has 2 N–H and O–H groups in total. The van der Waals surface area contributed by atoms with E-state index in [9.17, 15) is 32.3 Å². The van der Waals surface area contributed by atoms with Crippen LogP contribution >= 0.6 is 11.6 Å². The molecular formula is C24H26ClF4N3O4. The Labute approximate surface area is 209 Å². The molecule has 1 aromatic carbocycles. The number of carbonyl (C=O) groups excluding carboxylic acids is 1. The van der Waals surface area contributed by atoms with Gasteiger partial charge in [-0.25, -0.2) is 9.18 Å². The molecule has 2 aliphatic rings. The van der Waals surface area contributed by atoms with Gasteiger partial charge in [0.25, 0.3) is 0 Å². The van der Waals surface area contributed by atoms with Crippen molar-refractivity contribution in [3.8, 4) is 0 Å². The minimum absolute atomic E-state index is 0.0165. The van der Waals surface area contributed by atoms with E-state index < -0.39 is 35.7 Å². The maximum atomic E-state index is 14.5. The molecule has 0 saturated heterocycles. The number of alkyl halides is 3. The zero-order valence-electron chi connectivity index (χ0n) is 19.4. The van der Waals surface area contributed by atoms with Crippen LogP contribution in [0.25, 0.3) is 0 Å². The molecule has 36 heavy (non-hydrogen) atoms. The van der Waals surface area contributed by atoms with E-state index >= 15 is 0 Å². The molecule has 196 valence electrons. The Morgan fingerprint density at radius 2 is 1.94 bits per heavy atom. The Morgan fingerprint density at radius 3 is 2.53 bits per heavy atom. The number of fused-ring (bicyclic) bond motifs is 1. The predicted octanol–water partition coefficient (Wildman–Crippen LogP) is 5.95. The third-order valence-electron chi connectivity index (χ3n) is 7.21. The predicted molar refractivity (Wildman–Crippen MR) is 121 cm³/mol. The van der Waals surface area contributed by atoms with Gasteiger partial charge in [0.05, 0.1) is 24.3 Å². The first-order chi connectivity index (χ1) is 17.0. The average molecular weight is 532 g/mol. The second kappa shape index (κ2) is 10.3. The van der Waals surface area contributed by atoms with Gasteiger partial charge in [0.2, 0.25) is 0 Å². The third-order valence-corrected chi connectivity index (χ3v) is 7.45. The number of nitrogens with one attached hydrogen (secondary N) is 1. The number of benzene rings is 1. The maximum absolute atomic E-state index is 14.5. The summed E-state index contributed by atoms with van der Waals surface area (Å²) in [5.41, 5.74) is -1.01. The molecule has 1 fully saturated rings. The highest BCUT2D eigenvalue weighted by Gasteiger charge is 2.48. The second-order valence-corrected chi connectivity index (χ2v) is 9.69. The molecule has 4 rings (SSSR count). The van der Waals surface area contributed by atoms with Crippen molar-refractivity contribution < 1.29 is 37.0 Å². The van der Waals surface area contributed by atoms with Crippen LogP contribution in [0.4, 0.5) is 22.4 Å². The fourth-order valence-corrected chi connectivity index (χ4v) is 5.68. The first-order valence-corrected chi connectivity index (χ1v) is 12.1. The zero-order valence-corrected chi connectivity index (χ0v) is 20.2. The van der Waals surface area contributed by atoms with E-state index in [0.717, 1.165) is 11.0 Å². The molecule has 12 heteroatoms. The fraction of sp³-hybridized carbons (Fsp3) is 0.542. The summed E-state index contributed by atoms with van der Waals surface area (Å²) in [6.07, 6.45) is -4.49. The SMILES string of the molecule is CCOC(=O)C1CCC(C2CN(C(=O)O)C(Cc3ccc(Cl)cc3F)c3[nH]nc(C(F)(F)F)c32)CC1. The van der Waals surface area contributed by atoms with Gasteiger partial charge in [-0.1, -0.05) is 17.7 Å². The number of aromatic amines is 1. The number of hydrogen-bond acceptors (Lipinski definition) is 4. The maximum Gasteiger partial charge on any atom is 0.435 e. The molecule has 2 heterocycles. The van der Waals surface area contributed by atoms with Gasteiger partial charge in [-0.3, -0.25) is 14.8 Å². The van der Waals surface area contributed by atoms with Gasteiger partial charge < -0.3 is 9.84 Å². The lowest BCUT2D eigenvalue weighted by Gasteiger charge is -2.42. The molecule has 0 radical (unpaired) electrons. The minimum atomic E-state index is -4.76. The van der Waals surface area contributed by atoms with Crippen molar-refractivity contribution in [2.45, 2.75) is 57.2 Å². The number of H-pyrrole nitrogens is 1. The molecule has 1 aliphatic carbocycles. The van der Waals surface area contributed by atoms with Crippen molar-refractivity contribution in [1.29, 1.82) is 0 Å². The van der Waals surface area contributed by atoms with Crippen LogP contribution in [0.1, 0.15) is 67.1 Å². The monoisotopic (exact) mass is 531 g/mol. The van der Waals surface area contributed by atoms with Crippen molar-refractivity contribution >= 4 is 23.7 Å². The molecule has 1 saturated carbocycles. The highest BCUT2D eigenvalue weighted by molar-refractivity contribution is 6.30. The number of carboxylic acid groups (broad SMARTS) is 1. The van der Waals surface area contributed by atoms with E-state index in [1.54, 1.807) is 6.92 Å². The molecule has 1 amide bonds. The van der Waals surface area contributed by atoms with Gasteiger partial charge in [-0.15, -0.1) is 0 Å². The summed E-state index contributed by atoms with van der Waals surface area (Å²) >= 11 is 5.81. The molecule has 2 atom stereocenters. The summed E-state index contributed by atoms with van der Waals surface area (Å²) in [4.78, 5) is 25.4. The summed E-state index contributed by atoms with van der Waals surface area (Å²) in [6.45, 7) is 1.76. The van der Waals surface area contributed by atoms with Crippen LogP contribution in [0.2, 0.25) is 5.02 Å². The summed E-state index contributed by atoms with van der Waals surface area (Å²) in [6, 6.07) is 2.81. The van der Waals surface area contributed by atoms with Crippen LogP contribution in [-0.4, -0.2) is 45.4 Å². The van der Waals surface area contributed by atoms with E-state index in [0.29, 0.717) is 25.7 Å². The second-order valence-electron chi connectivity index (χ2n) is 9.26. The molecular weight excluding hydrogens is 506 g/mol. The first kappa shape index (κ1) is 26.2. The smallest absolute Gasteiger partial charge is 0.435 e. The van der Waals surface area contributed by atoms with E-state index in [1.807, 2.05) is 0 Å². The Kier molecular flexibility index (Phi) is 7.49. The Hall–Kier alpha value is -2.82. The summed E-state index contributed by atoms with van der Waals surface area (Å²) < 4.78 is 61.5. The van der Waals surface area contributed by atoms with Crippen molar-refractivity contribution in [3.05, 3.63) is 51.6 Å². The number of rotatable bonds is 5. The van der Waals surface area contributed by atoms with E-state index in [4.69, 9.17) is 16.3 Å². The largest absolute Gasteiger partial charge is 0.466 e. The van der Waals surface area contributed by atoms with E-state index in [1.165, 1.54) is 12.1 Å². The van der Waals surface area contributed by atoms with Crippen molar-refractivity contribution in [2.24, 2.45) is 11.8 Å². The lowest BCUT2D eigenvalue weighted by molar-refractivity contribution is -0.149. The summed E-state index contributed by atoms with van der Waals surface area (Å²) in [5, 5.41) is 16.1. The van der Waals surface area contributed by atoms with Gasteiger partial charge in [-0.05, 0) is 56.2 Å². The Balaban J connectivity index is 1.70. The molecule has 0 spiro atoms. The van der Waals surface area contributed by atoms with Crippen molar-refractivity contribution in [3.63, 3.8) is 0 Å². The number of amides is 1. The van der Waals surface area contributed by atoms with Crippen molar-refractivity contribution in [1.82, 2.24) is 15.1 Å². The lowest BCUT2D eigenvalue weighted by atomic mass is 9.70. The average Bonchev–Trinajstić information content (AvgIpc) is 3.27. The van der Waals surface area contributed by atoms with E-state index in [-0.39, 0.29) is 59.2 Å². The number of ether oxygens (including phenoxy) is 1. The van der Waals surface area contributed by atoms with Gasteiger partial charge in [0.15, 0.2) is 5.69 Å². The molecule has 7 nitrogen and oxygen atoms in total. The first-order valence-electron chi connectivity index (χ1n) is 11.8. The standard InChI is InChI=1S/C24H26ClF4N3O4/c1-2-36-22(33)13-5-3-12(4-6-13)16-11-32(23(34)35)18(9-14-7-8-15(25)10-17(14)26)20-19(16)21(31-30-20)24(27,28)29/h7-8,10,12-13,16,18H,2-6,9,11H2,1H3,(H,30,31)(H,34,35). The Bertz CT molecular complexity index is 1130. The summed E-state index contributed by atoms with van der Waals surface area (Å²) in [7, 11) is 0. The van der Waals surface area contributed by atoms with Gasteiger partial charge in [0, 0.05) is 29.5 Å². The number of halogens is 5. The molecule has 2 unspecified atom stereocenters. The normalized spacial score (nSPS) is 24.3. The topological polar surface area (TPSA) is 95.5 Å². The van der Waals surface area contributed by atoms with Crippen LogP contribution in [0.3, 0.4) is 0 Å². The van der Waals surface area contributed by atoms with Crippen LogP contribution in [-0.2, 0) is 22.1 Å². The van der Waals surface area contributed by atoms with Gasteiger partial charge in [-0.2, -0.15) is 18.3 Å². The van der Waals surface area contributed by atoms with Crippen molar-refractivity contribution in [2.75, 3.05) is 13.2 Å². The number of esters is 1. The number of carbonyl (C=O) groups is 2. The van der Waals surface area contributed by atoms with Crippen LogP contribution in [0, 0.1) is 17.7 Å². The number of aromatic nitrogens is 2. The lowest BCUT2D eigenvalue weighted by Crippen LogP contribution is -2.45. The quantitative estimate of drug-likeness (QED) is 0.367. The molecule has 1 aliphatic heterocycles. The molecule has 1 aromatic heterocycles. The number of hydrogen-bond donors (Lipinski definition) is 2. The van der Waals surface area contributed by atoms with Crippen LogP contribution < -0.4 is 0 Å². The van der Waals surface area contributed by atoms with E-state index in [2.05, 4.69) is 10.2 Å². The minimum Gasteiger partial charge on any atom is -0.466 e. The Morgan fingerprint density at radius 1 is 1.25 bits per heavy atom. The highest BCUT2D eigenvalue weighted by atomic mass is 35.5. The molecule has 2 aromatic rings. The van der Waals surface area contributed by atoms with Crippen LogP contribution in [0.15, 0.2) is 18.2 Å².